The van der Waals surface area contributed by atoms with Crippen LogP contribution in [0.2, 0.25) is 0 Å². The number of fused-ring (bicyclic) bond motifs is 2. The Morgan fingerprint density at radius 2 is 1.97 bits per heavy atom. The Bertz CT molecular complexity index is 1210. The van der Waals surface area contributed by atoms with Gasteiger partial charge in [0.15, 0.2) is 0 Å². The molecule has 0 spiro atoms. The number of halogens is 1. The topological polar surface area (TPSA) is 74.1 Å². The minimum atomic E-state index is -0.376. The molecule has 1 atom stereocenters. The zero-order chi connectivity index (χ0) is 22.1. The monoisotopic (exact) mass is 496 g/mol. The van der Waals surface area contributed by atoms with Crippen LogP contribution in [0.4, 0.5) is 5.69 Å². The van der Waals surface area contributed by atoms with Crippen LogP contribution in [-0.4, -0.2) is 42.7 Å². The Morgan fingerprint density at radius 1 is 1.16 bits per heavy atom. The van der Waals surface area contributed by atoms with E-state index in [-0.39, 0.29) is 16.7 Å². The molecule has 0 radical (unpaired) electrons. The average molecular weight is 497 g/mol. The third-order valence-corrected chi connectivity index (χ3v) is 6.58. The second-order valence-corrected chi connectivity index (χ2v) is 8.44. The summed E-state index contributed by atoms with van der Waals surface area (Å²) >= 11 is 3.65. The summed E-state index contributed by atoms with van der Waals surface area (Å²) in [5.74, 6) is 2.11. The van der Waals surface area contributed by atoms with E-state index < -0.39 is 0 Å². The number of benzene rings is 3. The smallest absolute Gasteiger partial charge is 0.270 e. The molecule has 0 N–H and O–H groups in total. The molecule has 0 saturated carbocycles. The molecule has 164 valence electrons. The molecule has 32 heavy (non-hydrogen) atoms. The number of nitro groups is 1. The Kier molecular flexibility index (Phi) is 5.82. The van der Waals surface area contributed by atoms with E-state index in [1.807, 2.05) is 36.4 Å². The lowest BCUT2D eigenvalue weighted by Crippen LogP contribution is -2.39. The number of hydrogen-bond donors (Lipinski definition) is 0. The number of nitro benzene ring substituents is 1. The molecular formula is C24H21BrN2O5. The average Bonchev–Trinajstić information content (AvgIpc) is 3.18. The molecule has 2 aliphatic rings. The molecule has 0 unspecified atom stereocenters. The molecule has 0 aromatic heterocycles. The summed E-state index contributed by atoms with van der Waals surface area (Å²) in [6.45, 7) is 3.00. The fourth-order valence-corrected chi connectivity index (χ4v) is 4.80. The molecule has 0 bridgehead atoms. The lowest BCUT2D eigenvalue weighted by molar-refractivity contribution is -0.384. The van der Waals surface area contributed by atoms with Crippen molar-refractivity contribution in [3.8, 4) is 11.5 Å². The van der Waals surface area contributed by atoms with E-state index in [1.54, 1.807) is 12.1 Å². The number of hydrogen-bond acceptors (Lipinski definition) is 6. The van der Waals surface area contributed by atoms with Crippen molar-refractivity contribution in [1.82, 2.24) is 4.90 Å². The first-order valence-electron chi connectivity index (χ1n) is 10.4. The highest BCUT2D eigenvalue weighted by Gasteiger charge is 2.36. The highest BCUT2D eigenvalue weighted by molar-refractivity contribution is 9.10. The SMILES string of the molecule is O=[N+]([O-])c1ccc2c(c1)[C@@H](N1CCOCC1)/C(=C\COc1ccc3ccccc3c1Br)O2. The predicted octanol–water partition coefficient (Wildman–Crippen LogP) is 5.24. The maximum atomic E-state index is 11.3. The lowest BCUT2D eigenvalue weighted by Gasteiger charge is -2.32. The van der Waals surface area contributed by atoms with E-state index in [0.29, 0.717) is 25.6 Å². The van der Waals surface area contributed by atoms with Gasteiger partial charge in [-0.1, -0.05) is 30.3 Å². The standard InChI is InChI=1S/C24H21BrN2O5/c25-23-18-4-2-1-3-16(18)5-7-21(23)31-12-9-22-24(26-10-13-30-14-11-26)19-15-17(27(28)29)6-8-20(19)32-22/h1-9,15,24H,10-14H2/b22-9+/t24-/m1/s1. The van der Waals surface area contributed by atoms with Crippen molar-refractivity contribution in [2.45, 2.75) is 6.04 Å². The quantitative estimate of drug-likeness (QED) is 0.355. The van der Waals surface area contributed by atoms with E-state index in [4.69, 9.17) is 14.2 Å². The molecule has 1 saturated heterocycles. The van der Waals surface area contributed by atoms with Crippen LogP contribution in [0.15, 0.2) is 70.9 Å². The van der Waals surface area contributed by atoms with Crippen molar-refractivity contribution in [2.24, 2.45) is 0 Å². The van der Waals surface area contributed by atoms with Gasteiger partial charge in [0.25, 0.3) is 5.69 Å². The number of nitrogens with zero attached hydrogens (tertiary/aromatic N) is 2. The molecule has 1 fully saturated rings. The summed E-state index contributed by atoms with van der Waals surface area (Å²) in [5, 5.41) is 13.5. The third-order valence-electron chi connectivity index (χ3n) is 5.76. The second kappa shape index (κ2) is 8.90. The van der Waals surface area contributed by atoms with E-state index >= 15 is 0 Å². The normalized spacial score (nSPS) is 19.7. The van der Waals surface area contributed by atoms with Gasteiger partial charge < -0.3 is 14.2 Å². The highest BCUT2D eigenvalue weighted by atomic mass is 79.9. The van der Waals surface area contributed by atoms with Crippen LogP contribution >= 0.6 is 15.9 Å². The molecule has 0 aliphatic carbocycles. The van der Waals surface area contributed by atoms with Crippen molar-refractivity contribution in [3.63, 3.8) is 0 Å². The molecule has 2 aliphatic heterocycles. The lowest BCUT2D eigenvalue weighted by atomic mass is 10.0. The second-order valence-electron chi connectivity index (χ2n) is 7.65. The zero-order valence-corrected chi connectivity index (χ0v) is 18.8. The third kappa shape index (κ3) is 3.97. The van der Waals surface area contributed by atoms with Crippen LogP contribution in [0.25, 0.3) is 10.8 Å². The van der Waals surface area contributed by atoms with Crippen molar-refractivity contribution in [1.29, 1.82) is 0 Å². The maximum Gasteiger partial charge on any atom is 0.270 e. The molecule has 2 heterocycles. The highest BCUT2D eigenvalue weighted by Crippen LogP contribution is 2.44. The first-order chi connectivity index (χ1) is 15.6. The first-order valence-corrected chi connectivity index (χ1v) is 11.2. The fourth-order valence-electron chi connectivity index (χ4n) is 4.20. The van der Waals surface area contributed by atoms with Crippen LogP contribution in [0.1, 0.15) is 11.6 Å². The van der Waals surface area contributed by atoms with Gasteiger partial charge in [0, 0.05) is 30.8 Å². The first kappa shape index (κ1) is 20.9. The van der Waals surface area contributed by atoms with Gasteiger partial charge in [0.1, 0.15) is 23.9 Å². The summed E-state index contributed by atoms with van der Waals surface area (Å²) in [5.41, 5.74) is 0.863. The molecule has 3 aromatic rings. The molecule has 8 heteroatoms. The van der Waals surface area contributed by atoms with Gasteiger partial charge in [0.05, 0.1) is 28.7 Å². The van der Waals surface area contributed by atoms with Gasteiger partial charge >= 0.3 is 0 Å². The van der Waals surface area contributed by atoms with Gasteiger partial charge in [-0.15, -0.1) is 0 Å². The van der Waals surface area contributed by atoms with E-state index in [1.165, 1.54) is 6.07 Å². The van der Waals surface area contributed by atoms with Crippen molar-refractivity contribution < 1.29 is 19.1 Å². The summed E-state index contributed by atoms with van der Waals surface area (Å²) in [6.07, 6.45) is 1.91. The van der Waals surface area contributed by atoms with E-state index in [9.17, 15) is 10.1 Å². The Labute approximate surface area is 193 Å². The van der Waals surface area contributed by atoms with Crippen molar-refractivity contribution in [3.05, 3.63) is 86.6 Å². The number of non-ortho nitro benzene ring substituents is 1. The largest absolute Gasteiger partial charge is 0.488 e. The maximum absolute atomic E-state index is 11.3. The van der Waals surface area contributed by atoms with E-state index in [0.717, 1.165) is 45.4 Å². The molecule has 0 amide bonds. The number of morpholine rings is 1. The van der Waals surface area contributed by atoms with Crippen molar-refractivity contribution in [2.75, 3.05) is 32.9 Å². The van der Waals surface area contributed by atoms with Gasteiger partial charge in [-0.25, -0.2) is 0 Å². The van der Waals surface area contributed by atoms with Crippen LogP contribution < -0.4 is 9.47 Å². The van der Waals surface area contributed by atoms with E-state index in [2.05, 4.69) is 26.9 Å². The zero-order valence-electron chi connectivity index (χ0n) is 17.2. The summed E-state index contributed by atoms with van der Waals surface area (Å²) < 4.78 is 18.6. The molecule has 5 rings (SSSR count). The minimum absolute atomic E-state index is 0.0585. The number of rotatable bonds is 5. The summed E-state index contributed by atoms with van der Waals surface area (Å²) in [6, 6.07) is 16.6. The van der Waals surface area contributed by atoms with Gasteiger partial charge in [-0.2, -0.15) is 0 Å². The molecular weight excluding hydrogens is 476 g/mol. The Morgan fingerprint density at radius 3 is 2.78 bits per heavy atom. The Balaban J connectivity index is 1.41. The Hall–Kier alpha value is -2.94. The van der Waals surface area contributed by atoms with Crippen LogP contribution in [-0.2, 0) is 4.74 Å². The van der Waals surface area contributed by atoms with Gasteiger partial charge in [0.2, 0.25) is 0 Å². The van der Waals surface area contributed by atoms with Crippen LogP contribution in [0.5, 0.6) is 11.5 Å². The molecule has 3 aromatic carbocycles. The summed E-state index contributed by atoms with van der Waals surface area (Å²) in [4.78, 5) is 13.2. The van der Waals surface area contributed by atoms with Gasteiger partial charge in [-0.05, 0) is 44.9 Å². The fraction of sp³-hybridized carbons (Fsp3) is 0.250. The predicted molar refractivity (Wildman–Crippen MR) is 124 cm³/mol. The number of ether oxygens (including phenoxy) is 3. The molecule has 7 nitrogen and oxygen atoms in total. The minimum Gasteiger partial charge on any atom is -0.488 e. The van der Waals surface area contributed by atoms with Crippen molar-refractivity contribution >= 4 is 32.4 Å². The van der Waals surface area contributed by atoms with Crippen LogP contribution in [0, 0.1) is 10.1 Å². The van der Waals surface area contributed by atoms with Crippen LogP contribution in [0.3, 0.4) is 0 Å². The van der Waals surface area contributed by atoms with Gasteiger partial charge in [-0.3, -0.25) is 15.0 Å². The summed E-state index contributed by atoms with van der Waals surface area (Å²) in [7, 11) is 0.